The van der Waals surface area contributed by atoms with Crippen LogP contribution in [-0.2, 0) is 0 Å². The second kappa shape index (κ2) is 6.46. The molecule has 0 aliphatic heterocycles. The van der Waals surface area contributed by atoms with Gasteiger partial charge in [-0.05, 0) is 18.2 Å². The van der Waals surface area contributed by atoms with E-state index in [1.54, 1.807) is 17.8 Å². The molecule has 5 heteroatoms. The van der Waals surface area contributed by atoms with Gasteiger partial charge in [-0.1, -0.05) is 37.0 Å². The van der Waals surface area contributed by atoms with Crippen molar-refractivity contribution in [2.45, 2.75) is 25.3 Å². The first-order valence-electron chi connectivity index (χ1n) is 4.91. The zero-order chi connectivity index (χ0) is 11.3. The van der Waals surface area contributed by atoms with Crippen LogP contribution >= 0.6 is 35.0 Å². The lowest BCUT2D eigenvalue weighted by molar-refractivity contribution is 0.960. The van der Waals surface area contributed by atoms with Gasteiger partial charge in [0.05, 0.1) is 10.0 Å². The van der Waals surface area contributed by atoms with Crippen LogP contribution in [0.5, 0.6) is 0 Å². The third-order valence-corrected chi connectivity index (χ3v) is 3.28. The van der Waals surface area contributed by atoms with Crippen LogP contribution in [-0.4, -0.2) is 17.3 Å². The van der Waals surface area contributed by atoms with E-state index in [4.69, 9.17) is 23.2 Å². The molecule has 0 aliphatic rings. The average Bonchev–Trinajstić information content (AvgIpc) is 2.20. The van der Waals surface area contributed by atoms with E-state index in [2.05, 4.69) is 24.1 Å². The molecule has 0 unspecified atom stereocenters. The number of nitrogens with zero attached hydrogens (tertiary/aromatic N) is 1. The number of hydrogen-bond acceptors (Lipinski definition) is 3. The lowest BCUT2D eigenvalue weighted by Crippen LogP contribution is -2.03. The minimum atomic E-state index is 0.578. The Morgan fingerprint density at radius 1 is 1.33 bits per heavy atom. The minimum Gasteiger partial charge on any atom is -0.369 e. The molecule has 0 atom stereocenters. The summed E-state index contributed by atoms with van der Waals surface area (Å²) < 4.78 is 0. The van der Waals surface area contributed by atoms with Crippen LogP contribution in [0.3, 0.4) is 0 Å². The number of anilines is 1. The monoisotopic (exact) mass is 264 g/mol. The van der Waals surface area contributed by atoms with E-state index in [1.165, 1.54) is 0 Å². The maximum atomic E-state index is 6.02. The summed E-state index contributed by atoms with van der Waals surface area (Å²) in [5, 5.41) is 5.21. The summed E-state index contributed by atoms with van der Waals surface area (Å²) in [5.74, 6) is 1.67. The number of pyridine rings is 1. The summed E-state index contributed by atoms with van der Waals surface area (Å²) >= 11 is 13.7. The molecule has 0 radical (unpaired) electrons. The highest BCUT2D eigenvalue weighted by Gasteiger charge is 2.08. The molecule has 1 N–H and O–H groups in total. The molecule has 1 aromatic rings. The van der Waals surface area contributed by atoms with Crippen LogP contribution in [0.15, 0.2) is 11.1 Å². The Labute approximate surface area is 105 Å². The van der Waals surface area contributed by atoms with Gasteiger partial charge in [0.2, 0.25) is 0 Å². The molecular weight excluding hydrogens is 251 g/mol. The fourth-order valence-electron chi connectivity index (χ4n) is 1.06. The standard InChI is InChI=1S/C10H14Cl2N2S/c1-3-5-13-9-7(11)6-8(12)10(14-9)15-4-2/h6H,3-5H2,1-2H3,(H,13,14). The molecule has 0 aromatic carbocycles. The molecular formula is C10H14Cl2N2S. The molecule has 1 heterocycles. The number of halogens is 2. The van der Waals surface area contributed by atoms with Crippen molar-refractivity contribution in [2.75, 3.05) is 17.6 Å². The van der Waals surface area contributed by atoms with Crippen molar-refractivity contribution in [1.82, 2.24) is 4.98 Å². The Morgan fingerprint density at radius 2 is 2.07 bits per heavy atom. The minimum absolute atomic E-state index is 0.578. The maximum Gasteiger partial charge on any atom is 0.146 e. The number of aromatic nitrogens is 1. The number of rotatable bonds is 5. The molecule has 0 amide bonds. The average molecular weight is 265 g/mol. The zero-order valence-electron chi connectivity index (χ0n) is 8.81. The van der Waals surface area contributed by atoms with Crippen LogP contribution in [0.2, 0.25) is 10.0 Å². The van der Waals surface area contributed by atoms with Crippen LogP contribution < -0.4 is 5.32 Å². The van der Waals surface area contributed by atoms with E-state index >= 15 is 0 Å². The van der Waals surface area contributed by atoms with Crippen molar-refractivity contribution in [1.29, 1.82) is 0 Å². The molecule has 0 spiro atoms. The summed E-state index contributed by atoms with van der Waals surface area (Å²) in [4.78, 5) is 4.39. The van der Waals surface area contributed by atoms with Crippen LogP contribution in [0.25, 0.3) is 0 Å². The van der Waals surface area contributed by atoms with Gasteiger partial charge in [0.1, 0.15) is 10.8 Å². The van der Waals surface area contributed by atoms with Crippen molar-refractivity contribution in [2.24, 2.45) is 0 Å². The van der Waals surface area contributed by atoms with E-state index in [0.717, 1.165) is 29.6 Å². The fraction of sp³-hybridized carbons (Fsp3) is 0.500. The predicted octanol–water partition coefficient (Wildman–Crippen LogP) is 4.32. The summed E-state index contributed by atoms with van der Waals surface area (Å²) in [6.45, 7) is 5.03. The van der Waals surface area contributed by atoms with Gasteiger partial charge in [-0.3, -0.25) is 0 Å². The van der Waals surface area contributed by atoms with Gasteiger partial charge in [-0.15, -0.1) is 11.8 Å². The number of hydrogen-bond donors (Lipinski definition) is 1. The highest BCUT2D eigenvalue weighted by molar-refractivity contribution is 7.99. The van der Waals surface area contributed by atoms with E-state index in [1.807, 2.05) is 0 Å². The topological polar surface area (TPSA) is 24.9 Å². The summed E-state index contributed by atoms with van der Waals surface area (Å²) in [6.07, 6.45) is 1.04. The summed E-state index contributed by atoms with van der Waals surface area (Å²) in [7, 11) is 0. The van der Waals surface area contributed by atoms with Crippen LogP contribution in [0, 0.1) is 0 Å². The lowest BCUT2D eigenvalue weighted by Gasteiger charge is -2.09. The Hall–Kier alpha value is -0.120. The largest absolute Gasteiger partial charge is 0.369 e. The normalized spacial score (nSPS) is 10.4. The van der Waals surface area contributed by atoms with Crippen molar-refractivity contribution < 1.29 is 0 Å². The predicted molar refractivity (Wildman–Crippen MR) is 69.4 cm³/mol. The van der Waals surface area contributed by atoms with Gasteiger partial charge in [-0.2, -0.15) is 0 Å². The second-order valence-electron chi connectivity index (χ2n) is 2.97. The van der Waals surface area contributed by atoms with Gasteiger partial charge >= 0.3 is 0 Å². The molecule has 84 valence electrons. The third kappa shape index (κ3) is 3.74. The van der Waals surface area contributed by atoms with Crippen LogP contribution in [0.4, 0.5) is 5.82 Å². The molecule has 1 aromatic heterocycles. The lowest BCUT2D eigenvalue weighted by atomic mass is 10.4. The second-order valence-corrected chi connectivity index (χ2v) is 5.03. The van der Waals surface area contributed by atoms with Gasteiger partial charge in [0.25, 0.3) is 0 Å². The number of thioether (sulfide) groups is 1. The Kier molecular flexibility index (Phi) is 5.58. The quantitative estimate of drug-likeness (QED) is 0.802. The highest BCUT2D eigenvalue weighted by Crippen LogP contribution is 2.31. The molecule has 1 rings (SSSR count). The van der Waals surface area contributed by atoms with Crippen molar-refractivity contribution in [3.05, 3.63) is 16.1 Å². The van der Waals surface area contributed by atoms with Crippen molar-refractivity contribution >= 4 is 40.8 Å². The highest BCUT2D eigenvalue weighted by atomic mass is 35.5. The molecule has 2 nitrogen and oxygen atoms in total. The van der Waals surface area contributed by atoms with Gasteiger partial charge in [0, 0.05) is 6.54 Å². The SMILES string of the molecule is CCCNc1nc(SCC)c(Cl)cc1Cl. The Morgan fingerprint density at radius 3 is 2.67 bits per heavy atom. The Bertz CT molecular complexity index is 331. The molecule has 15 heavy (non-hydrogen) atoms. The van der Waals surface area contributed by atoms with E-state index < -0.39 is 0 Å². The van der Waals surface area contributed by atoms with Gasteiger partial charge in [0.15, 0.2) is 0 Å². The maximum absolute atomic E-state index is 6.02. The Balaban J connectivity index is 2.90. The first kappa shape index (κ1) is 12.9. The molecule has 0 saturated heterocycles. The smallest absolute Gasteiger partial charge is 0.146 e. The molecule has 0 aliphatic carbocycles. The van der Waals surface area contributed by atoms with E-state index in [9.17, 15) is 0 Å². The molecule has 0 fully saturated rings. The van der Waals surface area contributed by atoms with Crippen molar-refractivity contribution in [3.8, 4) is 0 Å². The first-order valence-corrected chi connectivity index (χ1v) is 6.65. The summed E-state index contributed by atoms with van der Waals surface area (Å²) in [5.41, 5.74) is 0. The van der Waals surface area contributed by atoms with Gasteiger partial charge in [-0.25, -0.2) is 4.98 Å². The van der Waals surface area contributed by atoms with Crippen LogP contribution in [0.1, 0.15) is 20.3 Å². The third-order valence-electron chi connectivity index (χ3n) is 1.72. The molecule has 0 saturated carbocycles. The van der Waals surface area contributed by atoms with Gasteiger partial charge < -0.3 is 5.32 Å². The fourth-order valence-corrected chi connectivity index (χ4v) is 2.27. The number of nitrogens with one attached hydrogen (secondary N) is 1. The zero-order valence-corrected chi connectivity index (χ0v) is 11.1. The summed E-state index contributed by atoms with van der Waals surface area (Å²) in [6, 6.07) is 1.74. The van der Waals surface area contributed by atoms with E-state index in [0.29, 0.717) is 10.0 Å². The molecule has 0 bridgehead atoms. The first-order chi connectivity index (χ1) is 7.19. The van der Waals surface area contributed by atoms with E-state index in [-0.39, 0.29) is 0 Å². The van der Waals surface area contributed by atoms with Crippen molar-refractivity contribution in [3.63, 3.8) is 0 Å².